The van der Waals surface area contributed by atoms with Crippen LogP contribution in [0.1, 0.15) is 0 Å². The standard InChI is InChI=1S/C9H7BrN2O2/c10-5-14-9(13)12-6-11-7-3-1-2-4-8(7)12/h1-4,6H,5H2. The van der Waals surface area contributed by atoms with Crippen molar-refractivity contribution in [2.45, 2.75) is 0 Å². The van der Waals surface area contributed by atoms with Crippen LogP contribution in [0.4, 0.5) is 4.79 Å². The van der Waals surface area contributed by atoms with Crippen LogP contribution >= 0.6 is 15.9 Å². The van der Waals surface area contributed by atoms with Gasteiger partial charge in [-0.05, 0) is 28.1 Å². The highest BCUT2D eigenvalue weighted by atomic mass is 79.9. The number of benzene rings is 1. The van der Waals surface area contributed by atoms with E-state index < -0.39 is 6.09 Å². The first kappa shape index (κ1) is 9.21. The zero-order valence-corrected chi connectivity index (χ0v) is 8.77. The molecular formula is C9H7BrN2O2. The summed E-state index contributed by atoms with van der Waals surface area (Å²) in [5.74, 6) is 0. The molecule has 0 amide bonds. The number of rotatable bonds is 1. The number of ether oxygens (including phenoxy) is 1. The van der Waals surface area contributed by atoms with Crippen molar-refractivity contribution in [3.05, 3.63) is 30.6 Å². The Labute approximate surface area is 88.6 Å². The molecule has 72 valence electrons. The highest BCUT2D eigenvalue weighted by Gasteiger charge is 2.09. The number of imidazole rings is 1. The Morgan fingerprint density at radius 2 is 2.29 bits per heavy atom. The van der Waals surface area contributed by atoms with E-state index in [1.807, 2.05) is 24.3 Å². The number of carbonyl (C=O) groups excluding carboxylic acids is 1. The van der Waals surface area contributed by atoms with Crippen molar-refractivity contribution in [3.63, 3.8) is 0 Å². The van der Waals surface area contributed by atoms with Crippen LogP contribution in [0.5, 0.6) is 0 Å². The highest BCUT2D eigenvalue weighted by Crippen LogP contribution is 2.11. The third kappa shape index (κ3) is 1.50. The van der Waals surface area contributed by atoms with Crippen LogP contribution in [0, 0.1) is 0 Å². The predicted octanol–water partition coefficient (Wildman–Crippen LogP) is 2.37. The normalized spacial score (nSPS) is 10.4. The summed E-state index contributed by atoms with van der Waals surface area (Å²) in [6, 6.07) is 7.38. The fourth-order valence-electron chi connectivity index (χ4n) is 1.22. The van der Waals surface area contributed by atoms with Gasteiger partial charge in [0.25, 0.3) is 0 Å². The van der Waals surface area contributed by atoms with Gasteiger partial charge in [0, 0.05) is 0 Å². The van der Waals surface area contributed by atoms with Crippen LogP contribution in [-0.2, 0) is 4.74 Å². The summed E-state index contributed by atoms with van der Waals surface area (Å²) in [4.78, 5) is 15.5. The second-order valence-electron chi connectivity index (χ2n) is 2.62. The molecule has 2 aromatic rings. The molecule has 0 bridgehead atoms. The number of nitrogens with zero attached hydrogens (tertiary/aromatic N) is 2. The van der Waals surface area contributed by atoms with Gasteiger partial charge in [-0.25, -0.2) is 14.3 Å². The van der Waals surface area contributed by atoms with E-state index in [2.05, 4.69) is 20.9 Å². The lowest BCUT2D eigenvalue weighted by Crippen LogP contribution is -2.11. The highest BCUT2D eigenvalue weighted by molar-refractivity contribution is 9.09. The summed E-state index contributed by atoms with van der Waals surface area (Å²) in [5.41, 5.74) is 1.70. The number of carbonyl (C=O) groups is 1. The maximum Gasteiger partial charge on any atom is 0.420 e. The Kier molecular flexibility index (Phi) is 2.49. The molecule has 0 aliphatic carbocycles. The van der Waals surface area contributed by atoms with Gasteiger partial charge in [-0.1, -0.05) is 12.1 Å². The van der Waals surface area contributed by atoms with Gasteiger partial charge < -0.3 is 4.74 Å². The van der Waals surface area contributed by atoms with E-state index in [-0.39, 0.29) is 5.52 Å². The Morgan fingerprint density at radius 1 is 1.50 bits per heavy atom. The Morgan fingerprint density at radius 3 is 3.07 bits per heavy atom. The summed E-state index contributed by atoms with van der Waals surface area (Å²) in [6.45, 7) is 0. The molecule has 0 radical (unpaired) electrons. The van der Waals surface area contributed by atoms with Crippen molar-refractivity contribution in [3.8, 4) is 0 Å². The minimum Gasteiger partial charge on any atom is -0.437 e. The summed E-state index contributed by atoms with van der Waals surface area (Å²) in [5, 5.41) is 0. The van der Waals surface area contributed by atoms with Gasteiger partial charge in [-0.3, -0.25) is 0 Å². The molecule has 0 N–H and O–H groups in total. The van der Waals surface area contributed by atoms with Crippen molar-refractivity contribution in [1.82, 2.24) is 9.55 Å². The molecular weight excluding hydrogens is 248 g/mol. The Bertz CT molecular complexity index is 467. The molecule has 0 spiro atoms. The molecule has 0 atom stereocenters. The minimum absolute atomic E-state index is 0.179. The summed E-state index contributed by atoms with van der Waals surface area (Å²) >= 11 is 3.02. The molecule has 5 heteroatoms. The van der Waals surface area contributed by atoms with E-state index in [1.165, 1.54) is 10.9 Å². The van der Waals surface area contributed by atoms with Gasteiger partial charge in [0.1, 0.15) is 11.8 Å². The lowest BCUT2D eigenvalue weighted by molar-refractivity contribution is 0.170. The lowest BCUT2D eigenvalue weighted by atomic mass is 10.3. The van der Waals surface area contributed by atoms with Gasteiger partial charge in [-0.2, -0.15) is 0 Å². The maximum atomic E-state index is 11.4. The molecule has 0 aliphatic rings. The average molecular weight is 255 g/mol. The van der Waals surface area contributed by atoms with E-state index in [4.69, 9.17) is 4.74 Å². The molecule has 0 saturated carbocycles. The number of para-hydroxylation sites is 2. The van der Waals surface area contributed by atoms with Crippen LogP contribution in [0.15, 0.2) is 30.6 Å². The molecule has 14 heavy (non-hydrogen) atoms. The molecule has 2 rings (SSSR count). The predicted molar refractivity (Wildman–Crippen MR) is 55.4 cm³/mol. The zero-order valence-electron chi connectivity index (χ0n) is 7.18. The molecule has 1 aromatic heterocycles. The van der Waals surface area contributed by atoms with Crippen molar-refractivity contribution in [2.24, 2.45) is 0 Å². The first-order chi connectivity index (χ1) is 6.83. The van der Waals surface area contributed by atoms with Gasteiger partial charge in [0.15, 0.2) is 0 Å². The number of hydrogen-bond acceptors (Lipinski definition) is 3. The zero-order chi connectivity index (χ0) is 9.97. The van der Waals surface area contributed by atoms with E-state index in [0.717, 1.165) is 11.0 Å². The second kappa shape index (κ2) is 3.79. The average Bonchev–Trinajstić information content (AvgIpc) is 2.61. The van der Waals surface area contributed by atoms with Crippen LogP contribution in [-0.4, -0.2) is 21.2 Å². The first-order valence-corrected chi connectivity index (χ1v) is 5.10. The smallest absolute Gasteiger partial charge is 0.420 e. The van der Waals surface area contributed by atoms with Crippen molar-refractivity contribution < 1.29 is 9.53 Å². The maximum absolute atomic E-state index is 11.4. The fourth-order valence-corrected chi connectivity index (χ4v) is 1.42. The summed E-state index contributed by atoms with van der Waals surface area (Å²) in [6.07, 6.45) is 1.02. The molecule has 4 nitrogen and oxygen atoms in total. The largest absolute Gasteiger partial charge is 0.437 e. The lowest BCUT2D eigenvalue weighted by Gasteiger charge is -2.01. The van der Waals surface area contributed by atoms with E-state index in [0.29, 0.717) is 0 Å². The quantitative estimate of drug-likeness (QED) is 0.735. The SMILES string of the molecule is O=C(OCBr)n1cnc2ccccc21. The molecule has 0 unspecified atom stereocenters. The summed E-state index contributed by atoms with van der Waals surface area (Å²) < 4.78 is 6.17. The number of fused-ring (bicyclic) bond motifs is 1. The Balaban J connectivity index is 2.47. The van der Waals surface area contributed by atoms with Crippen molar-refractivity contribution in [1.29, 1.82) is 0 Å². The van der Waals surface area contributed by atoms with Crippen LogP contribution in [0.25, 0.3) is 11.0 Å². The molecule has 0 fully saturated rings. The molecule has 0 saturated heterocycles. The van der Waals surface area contributed by atoms with Gasteiger partial charge in [0.05, 0.1) is 11.0 Å². The first-order valence-electron chi connectivity index (χ1n) is 3.98. The number of hydrogen-bond donors (Lipinski definition) is 0. The van der Waals surface area contributed by atoms with E-state index in [1.54, 1.807) is 0 Å². The van der Waals surface area contributed by atoms with Gasteiger partial charge >= 0.3 is 6.09 Å². The molecule has 1 aromatic carbocycles. The second-order valence-corrected chi connectivity index (χ2v) is 3.08. The number of aromatic nitrogens is 2. The minimum atomic E-state index is -0.435. The molecule has 0 aliphatic heterocycles. The van der Waals surface area contributed by atoms with Crippen LogP contribution in [0.3, 0.4) is 0 Å². The fraction of sp³-hybridized carbons (Fsp3) is 0.111. The number of alkyl halides is 1. The monoisotopic (exact) mass is 254 g/mol. The van der Waals surface area contributed by atoms with Crippen LogP contribution < -0.4 is 0 Å². The van der Waals surface area contributed by atoms with Gasteiger partial charge in [0.2, 0.25) is 0 Å². The summed E-state index contributed by atoms with van der Waals surface area (Å²) in [7, 11) is 0. The topological polar surface area (TPSA) is 44.1 Å². The van der Waals surface area contributed by atoms with Crippen molar-refractivity contribution >= 4 is 33.1 Å². The number of halogens is 1. The third-order valence-corrected chi connectivity index (χ3v) is 2.06. The Hall–Kier alpha value is -1.36. The van der Waals surface area contributed by atoms with Crippen LogP contribution in [0.2, 0.25) is 0 Å². The van der Waals surface area contributed by atoms with E-state index in [9.17, 15) is 4.79 Å². The molecule has 1 heterocycles. The van der Waals surface area contributed by atoms with Gasteiger partial charge in [-0.15, -0.1) is 0 Å². The van der Waals surface area contributed by atoms with E-state index >= 15 is 0 Å². The third-order valence-electron chi connectivity index (χ3n) is 1.83. The van der Waals surface area contributed by atoms with Crippen molar-refractivity contribution in [2.75, 3.05) is 5.52 Å².